The van der Waals surface area contributed by atoms with E-state index >= 15 is 0 Å². The van der Waals surface area contributed by atoms with Gasteiger partial charge in [0.1, 0.15) is 11.6 Å². The summed E-state index contributed by atoms with van der Waals surface area (Å²) in [5.41, 5.74) is -0.717. The summed E-state index contributed by atoms with van der Waals surface area (Å²) in [6.07, 6.45) is 0. The Morgan fingerprint density at radius 3 is 2.48 bits per heavy atom. The van der Waals surface area contributed by atoms with E-state index in [2.05, 4.69) is 10.1 Å². The fourth-order valence-electron chi connectivity index (χ4n) is 1.76. The SMILES string of the molecule is COC(=O)c1cc(NC(=O)CSc2ccccc2)c(F)cc1F. The van der Waals surface area contributed by atoms with E-state index in [4.69, 9.17) is 0 Å². The van der Waals surface area contributed by atoms with Gasteiger partial charge < -0.3 is 10.1 Å². The van der Waals surface area contributed by atoms with Gasteiger partial charge in [0, 0.05) is 11.0 Å². The van der Waals surface area contributed by atoms with Crippen LogP contribution in [0.15, 0.2) is 47.4 Å². The number of esters is 1. The summed E-state index contributed by atoms with van der Waals surface area (Å²) in [7, 11) is 1.08. The topological polar surface area (TPSA) is 55.4 Å². The van der Waals surface area contributed by atoms with Crippen LogP contribution in [0.25, 0.3) is 0 Å². The van der Waals surface area contributed by atoms with Crippen LogP contribution in [0.2, 0.25) is 0 Å². The number of halogens is 2. The zero-order chi connectivity index (χ0) is 16.8. The molecule has 0 spiro atoms. The van der Waals surface area contributed by atoms with Crippen LogP contribution < -0.4 is 5.32 Å². The molecule has 2 rings (SSSR count). The second kappa shape index (κ2) is 7.73. The first kappa shape index (κ1) is 17.0. The number of carbonyl (C=O) groups is 2. The van der Waals surface area contributed by atoms with Crippen molar-refractivity contribution >= 4 is 29.3 Å². The Balaban J connectivity index is 2.07. The third-order valence-electron chi connectivity index (χ3n) is 2.85. The van der Waals surface area contributed by atoms with Crippen molar-refractivity contribution in [2.75, 3.05) is 18.2 Å². The van der Waals surface area contributed by atoms with Crippen molar-refractivity contribution in [3.05, 3.63) is 59.7 Å². The summed E-state index contributed by atoms with van der Waals surface area (Å²) in [6, 6.07) is 10.7. The number of benzene rings is 2. The lowest BCUT2D eigenvalue weighted by molar-refractivity contribution is -0.113. The molecule has 2 aromatic carbocycles. The number of methoxy groups -OCH3 is 1. The number of nitrogens with one attached hydrogen (secondary N) is 1. The molecule has 0 fully saturated rings. The highest BCUT2D eigenvalue weighted by atomic mass is 32.2. The number of hydrogen-bond acceptors (Lipinski definition) is 4. The third-order valence-corrected chi connectivity index (χ3v) is 3.86. The normalized spacial score (nSPS) is 10.2. The maximum Gasteiger partial charge on any atom is 0.340 e. The van der Waals surface area contributed by atoms with E-state index < -0.39 is 29.1 Å². The minimum absolute atomic E-state index is 0.0500. The summed E-state index contributed by atoms with van der Waals surface area (Å²) in [6.45, 7) is 0. The maximum atomic E-state index is 13.7. The number of amides is 1. The molecular weight excluding hydrogens is 324 g/mol. The van der Waals surface area contributed by atoms with Gasteiger partial charge in [-0.3, -0.25) is 4.79 Å². The Hall–Kier alpha value is -2.41. The van der Waals surface area contributed by atoms with Gasteiger partial charge in [-0.1, -0.05) is 18.2 Å². The second-order valence-electron chi connectivity index (χ2n) is 4.45. The molecule has 120 valence electrons. The molecule has 1 N–H and O–H groups in total. The highest BCUT2D eigenvalue weighted by Crippen LogP contribution is 2.22. The molecule has 7 heteroatoms. The summed E-state index contributed by atoms with van der Waals surface area (Å²) in [4.78, 5) is 24.1. The summed E-state index contributed by atoms with van der Waals surface area (Å²) in [5.74, 6) is -3.38. The first-order chi connectivity index (χ1) is 11.0. The molecule has 23 heavy (non-hydrogen) atoms. The van der Waals surface area contributed by atoms with Gasteiger partial charge in [0.15, 0.2) is 0 Å². The summed E-state index contributed by atoms with van der Waals surface area (Å²) < 4.78 is 31.6. The van der Waals surface area contributed by atoms with E-state index in [0.717, 1.165) is 18.1 Å². The van der Waals surface area contributed by atoms with Crippen LogP contribution in [-0.4, -0.2) is 24.7 Å². The lowest BCUT2D eigenvalue weighted by Gasteiger charge is -2.09. The van der Waals surface area contributed by atoms with E-state index in [0.29, 0.717) is 6.07 Å². The molecule has 2 aromatic rings. The van der Waals surface area contributed by atoms with Crippen molar-refractivity contribution in [3.63, 3.8) is 0 Å². The molecule has 0 heterocycles. The number of anilines is 1. The lowest BCUT2D eigenvalue weighted by atomic mass is 10.1. The summed E-state index contributed by atoms with van der Waals surface area (Å²) in [5, 5.41) is 2.32. The highest BCUT2D eigenvalue weighted by Gasteiger charge is 2.17. The quantitative estimate of drug-likeness (QED) is 0.670. The molecule has 0 aromatic heterocycles. The number of ether oxygens (including phenoxy) is 1. The molecule has 0 saturated heterocycles. The van der Waals surface area contributed by atoms with Gasteiger partial charge >= 0.3 is 5.97 Å². The number of hydrogen-bond donors (Lipinski definition) is 1. The van der Waals surface area contributed by atoms with Crippen LogP contribution in [0.4, 0.5) is 14.5 Å². The molecular formula is C16H13F2NO3S. The van der Waals surface area contributed by atoms with Crippen LogP contribution in [0.1, 0.15) is 10.4 Å². The molecule has 1 amide bonds. The van der Waals surface area contributed by atoms with Gasteiger partial charge in [0.05, 0.1) is 24.1 Å². The molecule has 0 aliphatic heterocycles. The fraction of sp³-hybridized carbons (Fsp3) is 0.125. The molecule has 0 atom stereocenters. The van der Waals surface area contributed by atoms with Crippen LogP contribution in [0, 0.1) is 11.6 Å². The minimum Gasteiger partial charge on any atom is -0.465 e. The van der Waals surface area contributed by atoms with Crippen molar-refractivity contribution in [2.24, 2.45) is 0 Å². The standard InChI is InChI=1S/C16H13F2NO3S/c1-22-16(21)11-7-14(13(18)8-12(11)17)19-15(20)9-23-10-5-3-2-4-6-10/h2-8H,9H2,1H3,(H,19,20). The van der Waals surface area contributed by atoms with Gasteiger partial charge in [-0.25, -0.2) is 13.6 Å². The van der Waals surface area contributed by atoms with Crippen molar-refractivity contribution < 1.29 is 23.1 Å². The fourth-order valence-corrected chi connectivity index (χ4v) is 2.48. The number of carbonyl (C=O) groups excluding carboxylic acids is 2. The van der Waals surface area contributed by atoms with Crippen LogP contribution in [0.5, 0.6) is 0 Å². The predicted octanol–water partition coefficient (Wildman–Crippen LogP) is 3.48. The van der Waals surface area contributed by atoms with E-state index in [-0.39, 0.29) is 11.4 Å². The number of thioether (sulfide) groups is 1. The molecule has 0 aliphatic rings. The molecule has 4 nitrogen and oxygen atoms in total. The van der Waals surface area contributed by atoms with Crippen molar-refractivity contribution in [2.45, 2.75) is 4.90 Å². The lowest BCUT2D eigenvalue weighted by Crippen LogP contribution is -2.16. The highest BCUT2D eigenvalue weighted by molar-refractivity contribution is 8.00. The van der Waals surface area contributed by atoms with E-state index in [9.17, 15) is 18.4 Å². The molecule has 0 radical (unpaired) electrons. The van der Waals surface area contributed by atoms with E-state index in [1.165, 1.54) is 11.8 Å². The van der Waals surface area contributed by atoms with Gasteiger partial charge in [-0.2, -0.15) is 0 Å². The molecule has 0 bridgehead atoms. The Labute approximate surface area is 135 Å². The van der Waals surface area contributed by atoms with Crippen molar-refractivity contribution in [1.82, 2.24) is 0 Å². The molecule has 0 aliphatic carbocycles. The average Bonchev–Trinajstić information content (AvgIpc) is 2.55. The van der Waals surface area contributed by atoms with Crippen molar-refractivity contribution in [3.8, 4) is 0 Å². The first-order valence-corrected chi connectivity index (χ1v) is 7.55. The monoisotopic (exact) mass is 337 g/mol. The van der Waals surface area contributed by atoms with Gasteiger partial charge in [0.25, 0.3) is 0 Å². The largest absolute Gasteiger partial charge is 0.465 e. The van der Waals surface area contributed by atoms with Gasteiger partial charge in [0.2, 0.25) is 5.91 Å². The Bertz CT molecular complexity index is 723. The average molecular weight is 337 g/mol. The van der Waals surface area contributed by atoms with E-state index in [1.54, 1.807) is 0 Å². The van der Waals surface area contributed by atoms with E-state index in [1.807, 2.05) is 30.3 Å². The predicted molar refractivity (Wildman–Crippen MR) is 83.5 cm³/mol. The maximum absolute atomic E-state index is 13.7. The van der Waals surface area contributed by atoms with Crippen LogP contribution in [-0.2, 0) is 9.53 Å². The third kappa shape index (κ3) is 4.53. The van der Waals surface area contributed by atoms with Crippen molar-refractivity contribution in [1.29, 1.82) is 0 Å². The summed E-state index contributed by atoms with van der Waals surface area (Å²) >= 11 is 1.27. The Morgan fingerprint density at radius 1 is 1.13 bits per heavy atom. The number of rotatable bonds is 5. The Morgan fingerprint density at radius 2 is 1.83 bits per heavy atom. The Kier molecular flexibility index (Phi) is 5.70. The molecule has 0 saturated carbocycles. The zero-order valence-electron chi connectivity index (χ0n) is 12.1. The first-order valence-electron chi connectivity index (χ1n) is 6.56. The minimum atomic E-state index is -1.05. The zero-order valence-corrected chi connectivity index (χ0v) is 13.0. The van der Waals surface area contributed by atoms with Crippen LogP contribution >= 0.6 is 11.8 Å². The molecule has 0 unspecified atom stereocenters. The smallest absolute Gasteiger partial charge is 0.340 e. The van der Waals surface area contributed by atoms with Crippen LogP contribution in [0.3, 0.4) is 0 Å². The van der Waals surface area contributed by atoms with Gasteiger partial charge in [-0.15, -0.1) is 11.8 Å². The van der Waals surface area contributed by atoms with Gasteiger partial charge in [-0.05, 0) is 18.2 Å². The second-order valence-corrected chi connectivity index (χ2v) is 5.50.